The zero-order chi connectivity index (χ0) is 37.9. The summed E-state index contributed by atoms with van der Waals surface area (Å²) in [7, 11) is 1.66. The molecule has 2 heterocycles. The van der Waals surface area contributed by atoms with Crippen molar-refractivity contribution in [2.24, 2.45) is 0 Å². The molecule has 13 heteroatoms. The van der Waals surface area contributed by atoms with E-state index in [2.05, 4.69) is 39.3 Å². The molecule has 12 nitrogen and oxygen atoms in total. The number of hydrogen-bond donors (Lipinski definition) is 3. The van der Waals surface area contributed by atoms with E-state index in [0.29, 0.717) is 40.3 Å². The first-order valence-electron chi connectivity index (χ1n) is 17.2. The zero-order valence-corrected chi connectivity index (χ0v) is 30.8. The molecule has 0 atom stereocenters. The number of aliphatic carboxylic acids is 1. The molecule has 0 saturated carbocycles. The van der Waals surface area contributed by atoms with Crippen LogP contribution in [-0.4, -0.2) is 71.2 Å². The first-order chi connectivity index (χ1) is 25.6. The van der Waals surface area contributed by atoms with Crippen LogP contribution in [-0.2, 0) is 11.3 Å². The molecule has 274 valence electrons. The van der Waals surface area contributed by atoms with Crippen molar-refractivity contribution in [3.05, 3.63) is 119 Å². The summed E-state index contributed by atoms with van der Waals surface area (Å²) in [5, 5.41) is 14.0. The van der Waals surface area contributed by atoms with Crippen LogP contribution >= 0.6 is 11.6 Å². The third kappa shape index (κ3) is 9.88. The van der Waals surface area contributed by atoms with Gasteiger partial charge in [0, 0.05) is 49.2 Å². The standard InChI is InChI=1S/C38H38ClN7O3.C2H4O2/c1-4-45(5-2)21-22-49-30-18-15-28(16-19-30)42-37-40-24-27-25-46(38(48)44(3)35(27)43-37)34-23-29(17-20-33(34)39)41-36(47)32-14-10-9-13-31(32)26-11-7-6-8-12-26;1-2(3)4/h6-20,23-24H,4-5,21-22,25H2,1-3H3,(H,41,47)(H,40,42,43);1H3,(H,3,4). The number of likely N-dealkylation sites (N-methyl/N-ethyl adjacent to an activating group) is 1. The summed E-state index contributed by atoms with van der Waals surface area (Å²) in [5.41, 5.74) is 4.79. The monoisotopic (exact) mass is 735 g/mol. The molecule has 3 amide bonds. The van der Waals surface area contributed by atoms with E-state index in [1.54, 1.807) is 42.4 Å². The average molecular weight is 736 g/mol. The van der Waals surface area contributed by atoms with Crippen molar-refractivity contribution in [3.63, 3.8) is 0 Å². The quantitative estimate of drug-likeness (QED) is 0.116. The van der Waals surface area contributed by atoms with Crippen LogP contribution in [0.3, 0.4) is 0 Å². The Balaban J connectivity index is 0.00000129. The van der Waals surface area contributed by atoms with E-state index in [9.17, 15) is 9.59 Å². The second-order valence-corrected chi connectivity index (χ2v) is 12.5. The Hall–Kier alpha value is -5.98. The van der Waals surface area contributed by atoms with Gasteiger partial charge in [0.15, 0.2) is 0 Å². The largest absolute Gasteiger partial charge is 0.492 e. The zero-order valence-electron chi connectivity index (χ0n) is 30.0. The van der Waals surface area contributed by atoms with Gasteiger partial charge in [-0.1, -0.05) is 74.0 Å². The summed E-state index contributed by atoms with van der Waals surface area (Å²) in [6, 6.07) is 29.6. The molecular formula is C40H42ClN7O5. The SMILES string of the molecule is CC(=O)O.CCN(CC)CCOc1ccc(Nc2ncc3c(n2)N(C)C(=O)N(c2cc(NC(=O)c4ccccc4-c4ccccc4)ccc2Cl)C3)cc1. The molecule has 4 aromatic carbocycles. The number of nitrogens with one attached hydrogen (secondary N) is 2. The number of urea groups is 1. The Bertz CT molecular complexity index is 2040. The lowest BCUT2D eigenvalue weighted by molar-refractivity contribution is -0.134. The Labute approximate surface area is 314 Å². The van der Waals surface area contributed by atoms with E-state index in [1.165, 1.54) is 4.90 Å². The number of carboxylic acid groups (broad SMARTS) is 1. The predicted octanol–water partition coefficient (Wildman–Crippen LogP) is 8.18. The molecule has 0 bridgehead atoms. The highest BCUT2D eigenvalue weighted by Gasteiger charge is 2.32. The van der Waals surface area contributed by atoms with Crippen LogP contribution in [0.4, 0.5) is 33.6 Å². The fourth-order valence-corrected chi connectivity index (χ4v) is 5.92. The number of anilines is 5. The highest BCUT2D eigenvalue weighted by Crippen LogP contribution is 2.36. The molecule has 1 aliphatic heterocycles. The van der Waals surface area contributed by atoms with Crippen LogP contribution in [0.5, 0.6) is 5.75 Å². The van der Waals surface area contributed by atoms with Gasteiger partial charge in [-0.15, -0.1) is 0 Å². The number of amides is 3. The van der Waals surface area contributed by atoms with Gasteiger partial charge >= 0.3 is 6.03 Å². The lowest BCUT2D eigenvalue weighted by Crippen LogP contribution is -2.46. The van der Waals surface area contributed by atoms with E-state index in [4.69, 9.17) is 26.2 Å². The van der Waals surface area contributed by atoms with Crippen LogP contribution < -0.4 is 25.2 Å². The van der Waals surface area contributed by atoms with E-state index < -0.39 is 5.97 Å². The number of hydrogen-bond acceptors (Lipinski definition) is 8. The van der Waals surface area contributed by atoms with Crippen LogP contribution in [0.1, 0.15) is 36.7 Å². The summed E-state index contributed by atoms with van der Waals surface area (Å²) < 4.78 is 5.89. The maximum Gasteiger partial charge on any atom is 0.330 e. The molecule has 0 unspecified atom stereocenters. The summed E-state index contributed by atoms with van der Waals surface area (Å²) in [6.07, 6.45) is 1.70. The molecule has 0 aliphatic carbocycles. The van der Waals surface area contributed by atoms with Gasteiger partial charge in [0.1, 0.15) is 18.2 Å². The van der Waals surface area contributed by atoms with Gasteiger partial charge in [-0.3, -0.25) is 19.4 Å². The lowest BCUT2D eigenvalue weighted by Gasteiger charge is -2.34. The van der Waals surface area contributed by atoms with E-state index >= 15 is 0 Å². The maximum absolute atomic E-state index is 13.7. The number of fused-ring (bicyclic) bond motifs is 1. The first kappa shape index (κ1) is 38.3. The smallest absolute Gasteiger partial charge is 0.330 e. The highest BCUT2D eigenvalue weighted by atomic mass is 35.5. The third-order valence-electron chi connectivity index (χ3n) is 8.44. The second-order valence-electron chi connectivity index (χ2n) is 12.0. The topological polar surface area (TPSA) is 140 Å². The van der Waals surface area contributed by atoms with Gasteiger partial charge in [0.05, 0.1) is 17.3 Å². The van der Waals surface area contributed by atoms with Crippen molar-refractivity contribution in [1.82, 2.24) is 14.9 Å². The summed E-state index contributed by atoms with van der Waals surface area (Å²) in [4.78, 5) is 50.6. The molecule has 3 N–H and O–H groups in total. The molecule has 0 fully saturated rings. The predicted molar refractivity (Wildman–Crippen MR) is 210 cm³/mol. The number of benzene rings is 4. The minimum atomic E-state index is -0.833. The first-order valence-corrected chi connectivity index (χ1v) is 17.5. The Morgan fingerprint density at radius 1 is 0.943 bits per heavy atom. The van der Waals surface area contributed by atoms with E-state index in [-0.39, 0.29) is 18.5 Å². The van der Waals surface area contributed by atoms with Crippen molar-refractivity contribution < 1.29 is 24.2 Å². The molecule has 5 aromatic rings. The van der Waals surface area contributed by atoms with Crippen molar-refractivity contribution in [2.75, 3.05) is 53.7 Å². The molecule has 6 rings (SSSR count). The number of aromatic nitrogens is 2. The lowest BCUT2D eigenvalue weighted by atomic mass is 9.99. The number of carbonyl (C=O) groups excluding carboxylic acids is 2. The molecular weight excluding hydrogens is 694 g/mol. The van der Waals surface area contributed by atoms with Gasteiger partial charge in [-0.25, -0.2) is 9.78 Å². The number of carboxylic acids is 1. The molecule has 0 saturated heterocycles. The van der Waals surface area contributed by atoms with Crippen LogP contribution in [0.25, 0.3) is 11.1 Å². The molecule has 0 radical (unpaired) electrons. The number of ether oxygens (including phenoxy) is 1. The summed E-state index contributed by atoms with van der Waals surface area (Å²) in [5.74, 6) is 0.536. The third-order valence-corrected chi connectivity index (χ3v) is 8.76. The molecule has 0 spiro atoms. The molecule has 1 aliphatic rings. The van der Waals surface area contributed by atoms with Crippen LogP contribution in [0.2, 0.25) is 5.02 Å². The van der Waals surface area contributed by atoms with Crippen molar-refractivity contribution in [1.29, 1.82) is 0 Å². The minimum Gasteiger partial charge on any atom is -0.492 e. The van der Waals surface area contributed by atoms with Crippen molar-refractivity contribution in [3.8, 4) is 16.9 Å². The fraction of sp³-hybridized carbons (Fsp3) is 0.225. The van der Waals surface area contributed by atoms with Crippen molar-refractivity contribution >= 4 is 58.3 Å². The van der Waals surface area contributed by atoms with E-state index in [0.717, 1.165) is 54.7 Å². The summed E-state index contributed by atoms with van der Waals surface area (Å²) in [6.45, 7) is 9.05. The van der Waals surface area contributed by atoms with Crippen LogP contribution in [0, 0.1) is 0 Å². The van der Waals surface area contributed by atoms with Gasteiger partial charge in [-0.2, -0.15) is 4.98 Å². The average Bonchev–Trinajstić information content (AvgIpc) is 3.16. The molecule has 53 heavy (non-hydrogen) atoms. The van der Waals surface area contributed by atoms with E-state index in [1.807, 2.05) is 72.8 Å². The number of carbonyl (C=O) groups is 3. The number of rotatable bonds is 12. The minimum absolute atomic E-state index is 0.201. The maximum atomic E-state index is 13.7. The van der Waals surface area contributed by atoms with Gasteiger partial charge in [0.25, 0.3) is 11.9 Å². The number of halogens is 1. The summed E-state index contributed by atoms with van der Waals surface area (Å²) >= 11 is 6.63. The Morgan fingerprint density at radius 3 is 2.30 bits per heavy atom. The highest BCUT2D eigenvalue weighted by molar-refractivity contribution is 6.34. The van der Waals surface area contributed by atoms with Gasteiger partial charge in [0.2, 0.25) is 5.95 Å². The van der Waals surface area contributed by atoms with Crippen molar-refractivity contribution in [2.45, 2.75) is 27.3 Å². The number of nitrogens with zero attached hydrogens (tertiary/aromatic N) is 5. The Morgan fingerprint density at radius 2 is 1.60 bits per heavy atom. The van der Waals surface area contributed by atoms with Gasteiger partial charge in [-0.05, 0) is 72.7 Å². The Kier molecular flexibility index (Phi) is 13.0. The second kappa shape index (κ2) is 18.0. The van der Waals surface area contributed by atoms with Crippen LogP contribution in [0.15, 0.2) is 103 Å². The van der Waals surface area contributed by atoms with Gasteiger partial charge < -0.3 is 25.4 Å². The molecule has 1 aromatic heterocycles. The fourth-order valence-electron chi connectivity index (χ4n) is 5.70. The normalized spacial score (nSPS) is 12.1.